The zero-order chi connectivity index (χ0) is 13.8. The number of hydrogen-bond acceptors (Lipinski definition) is 2. The first-order valence-electron chi connectivity index (χ1n) is 7.03. The molecule has 0 heterocycles. The van der Waals surface area contributed by atoms with Crippen molar-refractivity contribution in [2.24, 2.45) is 23.0 Å². The zero-order valence-corrected chi connectivity index (χ0v) is 13.2. The van der Waals surface area contributed by atoms with Gasteiger partial charge in [0.25, 0.3) is 0 Å². The minimum absolute atomic E-state index is 0.305. The van der Waals surface area contributed by atoms with Crippen LogP contribution in [0.25, 0.3) is 0 Å². The molecule has 2 heteroatoms. The van der Waals surface area contributed by atoms with E-state index in [0.29, 0.717) is 23.4 Å². The third kappa shape index (κ3) is 5.39. The largest absolute Gasteiger partial charge is 0.329 e. The predicted molar refractivity (Wildman–Crippen MR) is 78.1 cm³/mol. The average Bonchev–Trinajstić information content (AvgIpc) is 2.14. The molecule has 0 saturated heterocycles. The lowest BCUT2D eigenvalue weighted by Crippen LogP contribution is -2.51. The molecule has 3 atom stereocenters. The molecule has 2 N–H and O–H groups in total. The highest BCUT2D eigenvalue weighted by atomic mass is 15.2. The summed E-state index contributed by atoms with van der Waals surface area (Å²) in [5.74, 6) is 1.41. The number of nitrogens with two attached hydrogens (primary N) is 1. The topological polar surface area (TPSA) is 29.3 Å². The van der Waals surface area contributed by atoms with E-state index in [2.05, 4.69) is 60.4 Å². The van der Waals surface area contributed by atoms with Gasteiger partial charge in [0.2, 0.25) is 0 Å². The van der Waals surface area contributed by atoms with Crippen LogP contribution in [0.4, 0.5) is 0 Å². The molecule has 0 fully saturated rings. The summed E-state index contributed by atoms with van der Waals surface area (Å²) < 4.78 is 0. The van der Waals surface area contributed by atoms with Gasteiger partial charge < -0.3 is 5.73 Å². The van der Waals surface area contributed by atoms with Crippen molar-refractivity contribution >= 4 is 0 Å². The minimum atomic E-state index is 0.305. The third-order valence-electron chi connectivity index (χ3n) is 4.13. The van der Waals surface area contributed by atoms with E-state index in [9.17, 15) is 0 Å². The van der Waals surface area contributed by atoms with Crippen LogP contribution in [0.5, 0.6) is 0 Å². The molecule has 104 valence electrons. The third-order valence-corrected chi connectivity index (χ3v) is 4.13. The van der Waals surface area contributed by atoms with Crippen LogP contribution in [0.3, 0.4) is 0 Å². The van der Waals surface area contributed by atoms with Crippen LogP contribution >= 0.6 is 0 Å². The Morgan fingerprint density at radius 2 is 1.53 bits per heavy atom. The molecule has 0 bridgehead atoms. The Hall–Kier alpha value is -0.0800. The van der Waals surface area contributed by atoms with Crippen molar-refractivity contribution in [3.8, 4) is 0 Å². The highest BCUT2D eigenvalue weighted by Crippen LogP contribution is 2.27. The van der Waals surface area contributed by atoms with Gasteiger partial charge in [-0.05, 0) is 37.6 Å². The van der Waals surface area contributed by atoms with E-state index in [1.807, 2.05) is 0 Å². The summed E-state index contributed by atoms with van der Waals surface area (Å²) in [6.45, 7) is 16.9. The predicted octanol–water partition coefficient (Wildman–Crippen LogP) is 3.36. The van der Waals surface area contributed by atoms with Crippen LogP contribution < -0.4 is 5.73 Å². The van der Waals surface area contributed by atoms with Crippen molar-refractivity contribution in [1.29, 1.82) is 0 Å². The van der Waals surface area contributed by atoms with Crippen molar-refractivity contribution in [1.82, 2.24) is 4.90 Å². The first-order chi connectivity index (χ1) is 7.61. The van der Waals surface area contributed by atoms with E-state index in [1.165, 1.54) is 6.42 Å². The summed E-state index contributed by atoms with van der Waals surface area (Å²) in [5.41, 5.74) is 6.30. The summed E-state index contributed by atoms with van der Waals surface area (Å²) in [6, 6.07) is 1.04. The maximum Gasteiger partial charge on any atom is 0.0244 e. The van der Waals surface area contributed by atoms with Gasteiger partial charge in [-0.25, -0.2) is 0 Å². The molecule has 2 nitrogen and oxygen atoms in total. The van der Waals surface area contributed by atoms with E-state index < -0.39 is 0 Å². The van der Waals surface area contributed by atoms with Gasteiger partial charge in [-0.1, -0.05) is 41.5 Å². The summed E-state index contributed by atoms with van der Waals surface area (Å²) >= 11 is 0. The smallest absolute Gasteiger partial charge is 0.0244 e. The van der Waals surface area contributed by atoms with Crippen molar-refractivity contribution < 1.29 is 0 Å². The number of rotatable bonds is 6. The van der Waals surface area contributed by atoms with Gasteiger partial charge in [-0.15, -0.1) is 0 Å². The zero-order valence-electron chi connectivity index (χ0n) is 13.2. The molecular formula is C15H34N2. The Bertz CT molecular complexity index is 205. The fraction of sp³-hybridized carbons (Fsp3) is 1.00. The fourth-order valence-electron chi connectivity index (χ4n) is 2.60. The number of likely N-dealkylation sites (N-methyl/N-ethyl adjacent to an activating group) is 1. The first kappa shape index (κ1) is 16.9. The standard InChI is InChI=1S/C15H34N2/c1-11(2)9-12(3)14(10-16)17(8)13(4)15(5,6)7/h11-14H,9-10,16H2,1-8H3. The van der Waals surface area contributed by atoms with E-state index in [-0.39, 0.29) is 0 Å². The van der Waals surface area contributed by atoms with Crippen molar-refractivity contribution in [3.05, 3.63) is 0 Å². The van der Waals surface area contributed by atoms with E-state index in [4.69, 9.17) is 5.73 Å². The average molecular weight is 242 g/mol. The van der Waals surface area contributed by atoms with Crippen LogP contribution in [-0.2, 0) is 0 Å². The van der Waals surface area contributed by atoms with Gasteiger partial charge in [-0.3, -0.25) is 4.90 Å². The molecule has 0 aromatic carbocycles. The Morgan fingerprint density at radius 1 is 1.06 bits per heavy atom. The van der Waals surface area contributed by atoms with E-state index in [0.717, 1.165) is 12.5 Å². The van der Waals surface area contributed by atoms with Gasteiger partial charge in [-0.2, -0.15) is 0 Å². The molecule has 0 aliphatic heterocycles. The Morgan fingerprint density at radius 3 is 1.82 bits per heavy atom. The summed E-state index contributed by atoms with van der Waals surface area (Å²) in [7, 11) is 2.23. The molecule has 0 rings (SSSR count). The van der Waals surface area contributed by atoms with Crippen LogP contribution in [0.15, 0.2) is 0 Å². The van der Waals surface area contributed by atoms with E-state index >= 15 is 0 Å². The minimum Gasteiger partial charge on any atom is -0.329 e. The van der Waals surface area contributed by atoms with Gasteiger partial charge in [0, 0.05) is 18.6 Å². The van der Waals surface area contributed by atoms with Gasteiger partial charge >= 0.3 is 0 Å². The number of hydrogen-bond donors (Lipinski definition) is 1. The molecule has 0 aliphatic rings. The molecule has 0 aliphatic carbocycles. The Balaban J connectivity index is 4.65. The molecule has 0 saturated carbocycles. The SMILES string of the molecule is CC(C)CC(C)C(CN)N(C)C(C)C(C)(C)C. The van der Waals surface area contributed by atoms with Crippen molar-refractivity contribution in [2.45, 2.75) is 67.0 Å². The summed E-state index contributed by atoms with van der Waals surface area (Å²) in [4.78, 5) is 2.48. The fourth-order valence-corrected chi connectivity index (χ4v) is 2.60. The highest BCUT2D eigenvalue weighted by molar-refractivity contribution is 4.85. The second-order valence-electron chi connectivity index (χ2n) is 7.12. The maximum atomic E-state index is 5.99. The van der Waals surface area contributed by atoms with Gasteiger partial charge in [0.1, 0.15) is 0 Å². The molecule has 0 aromatic rings. The van der Waals surface area contributed by atoms with Crippen LogP contribution in [-0.4, -0.2) is 30.6 Å². The normalized spacial score (nSPS) is 18.5. The van der Waals surface area contributed by atoms with Gasteiger partial charge in [0.05, 0.1) is 0 Å². The molecule has 0 radical (unpaired) electrons. The molecule has 0 spiro atoms. The lowest BCUT2D eigenvalue weighted by molar-refractivity contribution is 0.0696. The monoisotopic (exact) mass is 242 g/mol. The molecule has 0 amide bonds. The molecular weight excluding hydrogens is 208 g/mol. The lowest BCUT2D eigenvalue weighted by Gasteiger charge is -2.42. The second kappa shape index (κ2) is 6.75. The maximum absolute atomic E-state index is 5.99. The van der Waals surface area contributed by atoms with Crippen LogP contribution in [0, 0.1) is 17.3 Å². The highest BCUT2D eigenvalue weighted by Gasteiger charge is 2.30. The summed E-state index contributed by atoms with van der Waals surface area (Å²) in [5, 5.41) is 0. The van der Waals surface area contributed by atoms with Crippen molar-refractivity contribution in [3.63, 3.8) is 0 Å². The van der Waals surface area contributed by atoms with Crippen LogP contribution in [0.1, 0.15) is 54.9 Å². The van der Waals surface area contributed by atoms with Gasteiger partial charge in [0.15, 0.2) is 0 Å². The van der Waals surface area contributed by atoms with Crippen LogP contribution in [0.2, 0.25) is 0 Å². The Labute approximate surface area is 109 Å². The Kier molecular flexibility index (Phi) is 6.71. The summed E-state index contributed by atoms with van der Waals surface area (Å²) in [6.07, 6.45) is 1.25. The van der Waals surface area contributed by atoms with Crippen molar-refractivity contribution in [2.75, 3.05) is 13.6 Å². The molecule has 3 unspecified atom stereocenters. The lowest BCUT2D eigenvalue weighted by atomic mass is 9.84. The second-order valence-corrected chi connectivity index (χ2v) is 7.12. The van der Waals surface area contributed by atoms with E-state index in [1.54, 1.807) is 0 Å². The number of nitrogens with zero attached hydrogens (tertiary/aromatic N) is 1. The quantitative estimate of drug-likeness (QED) is 0.774. The first-order valence-corrected chi connectivity index (χ1v) is 7.03. The molecule has 17 heavy (non-hydrogen) atoms. The molecule has 0 aromatic heterocycles.